The number of rotatable bonds is 4. The number of aldehydes is 1. The van der Waals surface area contributed by atoms with E-state index in [0.717, 1.165) is 25.5 Å². The number of hydrogen-bond donors (Lipinski definition) is 1. The van der Waals surface area contributed by atoms with Crippen molar-refractivity contribution in [1.29, 1.82) is 0 Å². The number of carbonyl (C=O) groups is 1. The first-order chi connectivity index (χ1) is 4.12. The fourth-order valence-electron chi connectivity index (χ4n) is 0.617. The third-order valence-corrected chi connectivity index (χ3v) is 1.34. The van der Waals surface area contributed by atoms with Gasteiger partial charge in [0.25, 0.3) is 0 Å². The van der Waals surface area contributed by atoms with Crippen molar-refractivity contribution in [3.8, 4) is 0 Å². The zero-order valence-electron chi connectivity index (χ0n) is 6.18. The van der Waals surface area contributed by atoms with Crippen LogP contribution in [0.3, 0.4) is 0 Å². The average molecular weight is 129 g/mol. The van der Waals surface area contributed by atoms with Crippen molar-refractivity contribution in [2.75, 3.05) is 0 Å². The Labute approximate surface area is 56.4 Å². The van der Waals surface area contributed by atoms with Gasteiger partial charge < -0.3 is 10.5 Å². The molecule has 9 heavy (non-hydrogen) atoms. The molecule has 0 aliphatic carbocycles. The van der Waals surface area contributed by atoms with E-state index in [2.05, 4.69) is 6.92 Å². The van der Waals surface area contributed by atoms with Crippen molar-refractivity contribution in [3.63, 3.8) is 0 Å². The van der Waals surface area contributed by atoms with E-state index in [1.54, 1.807) is 6.92 Å². The Kier molecular flexibility index (Phi) is 3.47. The smallest absolute Gasteiger partial charge is 0.139 e. The van der Waals surface area contributed by atoms with Gasteiger partial charge >= 0.3 is 0 Å². The number of carbonyl (C=O) groups excluding carboxylic acids is 1. The summed E-state index contributed by atoms with van der Waals surface area (Å²) in [5.41, 5.74) is 4.95. The molecule has 0 aromatic carbocycles. The van der Waals surface area contributed by atoms with Gasteiger partial charge in [0.2, 0.25) is 0 Å². The van der Waals surface area contributed by atoms with Crippen molar-refractivity contribution < 1.29 is 4.79 Å². The van der Waals surface area contributed by atoms with Crippen LogP contribution in [0.1, 0.15) is 33.1 Å². The van der Waals surface area contributed by atoms with Crippen LogP contribution in [0.2, 0.25) is 0 Å². The summed E-state index contributed by atoms with van der Waals surface area (Å²) in [6.45, 7) is 3.84. The zero-order valence-corrected chi connectivity index (χ0v) is 6.18. The molecular formula is C7H15NO. The second kappa shape index (κ2) is 3.62. The van der Waals surface area contributed by atoms with Crippen molar-refractivity contribution in [1.82, 2.24) is 0 Å². The second-order valence-electron chi connectivity index (χ2n) is 2.73. The molecule has 2 heteroatoms. The SMILES string of the molecule is CCCC[C@@](C)(N)C=O. The summed E-state index contributed by atoms with van der Waals surface area (Å²) in [6, 6.07) is 0. The molecule has 2 nitrogen and oxygen atoms in total. The van der Waals surface area contributed by atoms with E-state index >= 15 is 0 Å². The minimum Gasteiger partial charge on any atom is -0.319 e. The molecule has 0 spiro atoms. The molecule has 2 N–H and O–H groups in total. The van der Waals surface area contributed by atoms with Gasteiger partial charge in [0.1, 0.15) is 6.29 Å². The Hall–Kier alpha value is -0.370. The molecular weight excluding hydrogens is 114 g/mol. The first-order valence-corrected chi connectivity index (χ1v) is 3.37. The van der Waals surface area contributed by atoms with Gasteiger partial charge in [-0.1, -0.05) is 19.8 Å². The second-order valence-corrected chi connectivity index (χ2v) is 2.73. The van der Waals surface area contributed by atoms with E-state index in [1.807, 2.05) is 0 Å². The van der Waals surface area contributed by atoms with E-state index < -0.39 is 5.54 Å². The van der Waals surface area contributed by atoms with Gasteiger partial charge in [-0.2, -0.15) is 0 Å². The largest absolute Gasteiger partial charge is 0.319 e. The van der Waals surface area contributed by atoms with E-state index in [0.29, 0.717) is 0 Å². The minimum atomic E-state index is -0.587. The molecule has 0 rings (SSSR count). The maximum atomic E-state index is 10.2. The molecule has 0 unspecified atom stereocenters. The van der Waals surface area contributed by atoms with Crippen LogP contribution in [0, 0.1) is 0 Å². The number of nitrogens with two attached hydrogens (primary N) is 1. The average Bonchev–Trinajstić information content (AvgIpc) is 1.84. The van der Waals surface area contributed by atoms with Crippen molar-refractivity contribution in [2.45, 2.75) is 38.6 Å². The quantitative estimate of drug-likeness (QED) is 0.577. The normalized spacial score (nSPS) is 16.8. The highest BCUT2D eigenvalue weighted by Gasteiger charge is 2.14. The Morgan fingerprint density at radius 3 is 2.56 bits per heavy atom. The van der Waals surface area contributed by atoms with Crippen molar-refractivity contribution >= 4 is 6.29 Å². The van der Waals surface area contributed by atoms with Crippen LogP contribution in [0.15, 0.2) is 0 Å². The molecule has 0 aliphatic rings. The lowest BCUT2D eigenvalue weighted by molar-refractivity contribution is -0.112. The number of unbranched alkanes of at least 4 members (excludes halogenated alkanes) is 1. The van der Waals surface area contributed by atoms with Crippen LogP contribution in [0.25, 0.3) is 0 Å². The Bertz CT molecular complexity index is 88.9. The highest BCUT2D eigenvalue weighted by Crippen LogP contribution is 2.06. The van der Waals surface area contributed by atoms with Crippen LogP contribution >= 0.6 is 0 Å². The van der Waals surface area contributed by atoms with E-state index in [-0.39, 0.29) is 0 Å². The fourth-order valence-corrected chi connectivity index (χ4v) is 0.617. The highest BCUT2D eigenvalue weighted by molar-refractivity contribution is 5.62. The monoisotopic (exact) mass is 129 g/mol. The molecule has 0 heterocycles. The van der Waals surface area contributed by atoms with Crippen LogP contribution in [-0.4, -0.2) is 11.8 Å². The Morgan fingerprint density at radius 1 is 1.67 bits per heavy atom. The van der Waals surface area contributed by atoms with Crippen LogP contribution in [0.5, 0.6) is 0 Å². The first kappa shape index (κ1) is 8.63. The standard InChI is InChI=1S/C7H15NO/c1-3-4-5-7(2,8)6-9/h6H,3-5,8H2,1-2H3/t7-/m1/s1. The summed E-state index contributed by atoms with van der Waals surface area (Å²) in [5.74, 6) is 0. The third-order valence-electron chi connectivity index (χ3n) is 1.34. The summed E-state index contributed by atoms with van der Waals surface area (Å²) < 4.78 is 0. The zero-order chi connectivity index (χ0) is 7.33. The van der Waals surface area contributed by atoms with Gasteiger partial charge in [0.15, 0.2) is 0 Å². The molecule has 0 amide bonds. The van der Waals surface area contributed by atoms with Crippen molar-refractivity contribution in [3.05, 3.63) is 0 Å². The molecule has 0 fully saturated rings. The van der Waals surface area contributed by atoms with Gasteiger partial charge in [-0.15, -0.1) is 0 Å². The Balaban J connectivity index is 3.45. The number of hydrogen-bond acceptors (Lipinski definition) is 2. The lowest BCUT2D eigenvalue weighted by Gasteiger charge is -2.14. The molecule has 0 radical (unpaired) electrons. The Morgan fingerprint density at radius 2 is 2.22 bits per heavy atom. The van der Waals surface area contributed by atoms with E-state index in [4.69, 9.17) is 5.73 Å². The van der Waals surface area contributed by atoms with Crippen LogP contribution in [-0.2, 0) is 4.79 Å². The summed E-state index contributed by atoms with van der Waals surface area (Å²) in [7, 11) is 0. The van der Waals surface area contributed by atoms with E-state index in [1.165, 1.54) is 0 Å². The molecule has 0 aromatic rings. The summed E-state index contributed by atoms with van der Waals surface area (Å²) in [6.07, 6.45) is 3.75. The van der Waals surface area contributed by atoms with Gasteiger partial charge in [-0.3, -0.25) is 0 Å². The predicted molar refractivity (Wildman–Crippen MR) is 38.2 cm³/mol. The lowest BCUT2D eigenvalue weighted by atomic mass is 9.99. The molecule has 0 saturated carbocycles. The maximum Gasteiger partial charge on any atom is 0.139 e. The predicted octanol–water partition coefficient (Wildman–Crippen LogP) is 1.09. The molecule has 0 bridgehead atoms. The maximum absolute atomic E-state index is 10.2. The summed E-state index contributed by atoms with van der Waals surface area (Å²) >= 11 is 0. The fraction of sp³-hybridized carbons (Fsp3) is 0.857. The van der Waals surface area contributed by atoms with Crippen LogP contribution < -0.4 is 5.73 Å². The molecule has 0 saturated heterocycles. The van der Waals surface area contributed by atoms with Crippen molar-refractivity contribution in [2.24, 2.45) is 5.73 Å². The summed E-state index contributed by atoms with van der Waals surface area (Å²) in [4.78, 5) is 10.2. The molecule has 1 atom stereocenters. The molecule has 0 aromatic heterocycles. The minimum absolute atomic E-state index is 0.587. The van der Waals surface area contributed by atoms with Gasteiger partial charge in [-0.25, -0.2) is 0 Å². The third kappa shape index (κ3) is 4.15. The first-order valence-electron chi connectivity index (χ1n) is 3.37. The topological polar surface area (TPSA) is 43.1 Å². The van der Waals surface area contributed by atoms with E-state index in [9.17, 15) is 4.79 Å². The highest BCUT2D eigenvalue weighted by atomic mass is 16.1. The summed E-state index contributed by atoms with van der Waals surface area (Å²) in [5, 5.41) is 0. The lowest BCUT2D eigenvalue weighted by Crippen LogP contribution is -2.37. The van der Waals surface area contributed by atoms with Gasteiger partial charge in [0.05, 0.1) is 5.54 Å². The molecule has 0 aliphatic heterocycles. The van der Waals surface area contributed by atoms with Crippen LogP contribution in [0.4, 0.5) is 0 Å². The van der Waals surface area contributed by atoms with Gasteiger partial charge in [-0.05, 0) is 13.3 Å². The molecule has 54 valence electrons. The van der Waals surface area contributed by atoms with Gasteiger partial charge in [0, 0.05) is 0 Å².